The van der Waals surface area contributed by atoms with Gasteiger partial charge in [-0.15, -0.1) is 0 Å². The molecule has 1 atom stereocenters. The molecule has 4 aromatic carbocycles. The van der Waals surface area contributed by atoms with Gasteiger partial charge in [0, 0.05) is 5.02 Å². The number of hydrogen-bond acceptors (Lipinski definition) is 3. The van der Waals surface area contributed by atoms with Gasteiger partial charge in [0.25, 0.3) is 15.9 Å². The van der Waals surface area contributed by atoms with E-state index < -0.39 is 22.0 Å². The second-order valence-corrected chi connectivity index (χ2v) is 11.0. The van der Waals surface area contributed by atoms with Crippen molar-refractivity contribution in [1.29, 1.82) is 0 Å². The van der Waals surface area contributed by atoms with Gasteiger partial charge in [-0.05, 0) is 73.5 Å². The zero-order valence-corrected chi connectivity index (χ0v) is 21.9. The molecule has 0 aromatic heterocycles. The number of amides is 1. The van der Waals surface area contributed by atoms with Crippen molar-refractivity contribution < 1.29 is 17.6 Å². The second kappa shape index (κ2) is 11.2. The van der Waals surface area contributed by atoms with E-state index in [1.165, 1.54) is 16.4 Å². The standard InChI is InChI=1S/C29H26ClFN2O3S/c1-20-7-17-26(18-8-20)37(35,36)33(19-22-9-13-24(30)14-10-22)28-6-4-3-5-27(28)29(34)32-21(2)23-11-15-25(31)16-12-23/h3-18,21H,19H2,1-2H3,(H,32,34)/t21-/m0/s1. The highest BCUT2D eigenvalue weighted by Gasteiger charge is 2.29. The molecular formula is C29H26ClFN2O3S. The maximum Gasteiger partial charge on any atom is 0.264 e. The average Bonchev–Trinajstić information content (AvgIpc) is 2.89. The molecule has 0 heterocycles. The van der Waals surface area contributed by atoms with E-state index in [4.69, 9.17) is 11.6 Å². The molecule has 0 aliphatic rings. The van der Waals surface area contributed by atoms with E-state index in [1.807, 2.05) is 6.92 Å². The van der Waals surface area contributed by atoms with Crippen LogP contribution in [0.5, 0.6) is 0 Å². The largest absolute Gasteiger partial charge is 0.345 e. The molecule has 0 saturated carbocycles. The molecule has 1 amide bonds. The van der Waals surface area contributed by atoms with Crippen LogP contribution < -0.4 is 9.62 Å². The summed E-state index contributed by atoms with van der Waals surface area (Å²) in [6.45, 7) is 3.65. The summed E-state index contributed by atoms with van der Waals surface area (Å²) >= 11 is 6.03. The molecule has 0 saturated heterocycles. The van der Waals surface area contributed by atoms with Gasteiger partial charge in [-0.3, -0.25) is 9.10 Å². The Balaban J connectivity index is 1.74. The number of carbonyl (C=O) groups is 1. The first-order valence-corrected chi connectivity index (χ1v) is 13.5. The van der Waals surface area contributed by atoms with Crippen molar-refractivity contribution in [2.45, 2.75) is 31.3 Å². The smallest absolute Gasteiger partial charge is 0.264 e. The lowest BCUT2D eigenvalue weighted by Crippen LogP contribution is -2.34. The quantitative estimate of drug-likeness (QED) is 0.273. The van der Waals surface area contributed by atoms with Crippen LogP contribution in [0.15, 0.2) is 102 Å². The van der Waals surface area contributed by atoms with E-state index >= 15 is 0 Å². The van der Waals surface area contributed by atoms with Crippen molar-refractivity contribution in [3.63, 3.8) is 0 Å². The Kier molecular flexibility index (Phi) is 7.95. The van der Waals surface area contributed by atoms with E-state index in [1.54, 1.807) is 91.9 Å². The Morgan fingerprint density at radius 3 is 2.19 bits per heavy atom. The number of rotatable bonds is 8. The maximum atomic E-state index is 13.9. The molecule has 0 aliphatic heterocycles. The fraction of sp³-hybridized carbons (Fsp3) is 0.138. The third-order valence-corrected chi connectivity index (χ3v) is 8.01. The minimum atomic E-state index is -4.04. The molecule has 8 heteroatoms. The molecule has 5 nitrogen and oxygen atoms in total. The molecule has 1 N–H and O–H groups in total. The van der Waals surface area contributed by atoms with Crippen LogP contribution in [-0.2, 0) is 16.6 Å². The zero-order chi connectivity index (χ0) is 26.6. The number of carbonyl (C=O) groups excluding carboxylic acids is 1. The molecule has 0 aliphatic carbocycles. The summed E-state index contributed by atoms with van der Waals surface area (Å²) in [4.78, 5) is 13.5. The van der Waals surface area contributed by atoms with Crippen LogP contribution in [0.1, 0.15) is 40.0 Å². The maximum absolute atomic E-state index is 13.9. The highest BCUT2D eigenvalue weighted by Crippen LogP contribution is 2.30. The normalized spacial score (nSPS) is 12.1. The summed E-state index contributed by atoms with van der Waals surface area (Å²) in [6.07, 6.45) is 0. The Bertz CT molecular complexity index is 1490. The van der Waals surface area contributed by atoms with Crippen LogP contribution >= 0.6 is 11.6 Å². The lowest BCUT2D eigenvalue weighted by atomic mass is 10.1. The van der Waals surface area contributed by atoms with Gasteiger partial charge in [0.15, 0.2) is 0 Å². The van der Waals surface area contributed by atoms with Gasteiger partial charge in [0.1, 0.15) is 5.82 Å². The highest BCUT2D eigenvalue weighted by molar-refractivity contribution is 7.92. The number of hydrogen-bond donors (Lipinski definition) is 1. The van der Waals surface area contributed by atoms with Crippen LogP contribution in [0.4, 0.5) is 10.1 Å². The van der Waals surface area contributed by atoms with Crippen LogP contribution in [0.3, 0.4) is 0 Å². The third-order valence-electron chi connectivity index (χ3n) is 5.98. The molecule has 190 valence electrons. The number of nitrogens with zero attached hydrogens (tertiary/aromatic N) is 1. The Morgan fingerprint density at radius 2 is 1.54 bits per heavy atom. The fourth-order valence-corrected chi connectivity index (χ4v) is 5.48. The summed E-state index contributed by atoms with van der Waals surface area (Å²) in [7, 11) is -4.04. The molecule has 0 bridgehead atoms. The monoisotopic (exact) mass is 536 g/mol. The van der Waals surface area contributed by atoms with Crippen LogP contribution in [0.25, 0.3) is 0 Å². The average molecular weight is 537 g/mol. The number of halogens is 2. The van der Waals surface area contributed by atoms with Crippen LogP contribution in [0.2, 0.25) is 5.02 Å². The molecule has 0 spiro atoms. The predicted octanol–water partition coefficient (Wildman–Crippen LogP) is 6.67. The lowest BCUT2D eigenvalue weighted by Gasteiger charge is -2.27. The lowest BCUT2D eigenvalue weighted by molar-refractivity contribution is 0.0940. The number of anilines is 1. The van der Waals surface area contributed by atoms with Gasteiger partial charge in [-0.2, -0.15) is 0 Å². The molecule has 0 fully saturated rings. The number of benzene rings is 4. The first-order valence-electron chi connectivity index (χ1n) is 11.6. The van der Waals surface area contributed by atoms with Gasteiger partial charge >= 0.3 is 0 Å². The van der Waals surface area contributed by atoms with Crippen LogP contribution in [0, 0.1) is 12.7 Å². The SMILES string of the molecule is Cc1ccc(S(=O)(=O)N(Cc2ccc(Cl)cc2)c2ccccc2C(=O)N[C@@H](C)c2ccc(F)cc2)cc1. The second-order valence-electron chi connectivity index (χ2n) is 8.72. The summed E-state index contributed by atoms with van der Waals surface area (Å²) in [5.41, 5.74) is 2.79. The number of aryl methyl sites for hydroxylation is 1. The third kappa shape index (κ3) is 6.18. The minimum absolute atomic E-state index is 0.00874. The van der Waals surface area contributed by atoms with Crippen molar-refractivity contribution in [2.75, 3.05) is 4.31 Å². The van der Waals surface area contributed by atoms with Gasteiger partial charge in [-0.25, -0.2) is 12.8 Å². The first-order chi connectivity index (χ1) is 17.6. The van der Waals surface area contributed by atoms with Gasteiger partial charge in [0.05, 0.1) is 28.7 Å². The number of para-hydroxylation sites is 1. The Morgan fingerprint density at radius 1 is 0.919 bits per heavy atom. The van der Waals surface area contributed by atoms with E-state index in [9.17, 15) is 17.6 Å². The Hall–Kier alpha value is -3.68. The van der Waals surface area contributed by atoms with Crippen molar-refractivity contribution >= 4 is 33.2 Å². The van der Waals surface area contributed by atoms with Gasteiger partial charge < -0.3 is 5.32 Å². The van der Waals surface area contributed by atoms with E-state index in [0.29, 0.717) is 10.6 Å². The van der Waals surface area contributed by atoms with E-state index in [2.05, 4.69) is 5.32 Å². The van der Waals surface area contributed by atoms with Crippen molar-refractivity contribution in [1.82, 2.24) is 5.32 Å². The van der Waals surface area contributed by atoms with Crippen molar-refractivity contribution in [3.8, 4) is 0 Å². The molecule has 4 rings (SSSR count). The Labute approximate surface area is 221 Å². The van der Waals surface area contributed by atoms with Crippen molar-refractivity contribution in [3.05, 3.63) is 130 Å². The predicted molar refractivity (Wildman–Crippen MR) is 145 cm³/mol. The van der Waals surface area contributed by atoms with E-state index in [0.717, 1.165) is 11.1 Å². The van der Waals surface area contributed by atoms with E-state index in [-0.39, 0.29) is 28.5 Å². The van der Waals surface area contributed by atoms with Gasteiger partial charge in [-0.1, -0.05) is 65.7 Å². The summed E-state index contributed by atoms with van der Waals surface area (Å²) in [5, 5.41) is 3.43. The van der Waals surface area contributed by atoms with Gasteiger partial charge in [0.2, 0.25) is 0 Å². The molecule has 0 radical (unpaired) electrons. The molecule has 4 aromatic rings. The number of sulfonamides is 1. The fourth-order valence-electron chi connectivity index (χ4n) is 3.89. The molecule has 0 unspecified atom stereocenters. The summed E-state index contributed by atoms with van der Waals surface area (Å²) in [6, 6.07) is 25.4. The topological polar surface area (TPSA) is 66.5 Å². The minimum Gasteiger partial charge on any atom is -0.345 e. The number of nitrogens with one attached hydrogen (secondary N) is 1. The molecule has 37 heavy (non-hydrogen) atoms. The summed E-state index contributed by atoms with van der Waals surface area (Å²) in [5.74, 6) is -0.820. The summed E-state index contributed by atoms with van der Waals surface area (Å²) < 4.78 is 42.4. The van der Waals surface area contributed by atoms with Crippen molar-refractivity contribution in [2.24, 2.45) is 0 Å². The molecular weight excluding hydrogens is 511 g/mol. The zero-order valence-electron chi connectivity index (χ0n) is 20.4. The first kappa shape index (κ1) is 26.4. The highest BCUT2D eigenvalue weighted by atomic mass is 35.5. The van der Waals surface area contributed by atoms with Crippen LogP contribution in [-0.4, -0.2) is 14.3 Å².